The van der Waals surface area contributed by atoms with Gasteiger partial charge in [0.2, 0.25) is 11.8 Å². The third-order valence-electron chi connectivity index (χ3n) is 6.80. The first-order valence-corrected chi connectivity index (χ1v) is 13.8. The van der Waals surface area contributed by atoms with Gasteiger partial charge < -0.3 is 25.2 Å². The summed E-state index contributed by atoms with van der Waals surface area (Å²) in [5, 5.41) is 10.3. The third-order valence-corrected chi connectivity index (χ3v) is 7.94. The molecule has 3 N–H and O–H groups in total. The van der Waals surface area contributed by atoms with Crippen molar-refractivity contribution >= 4 is 45.8 Å². The van der Waals surface area contributed by atoms with E-state index < -0.39 is 5.60 Å². The first-order chi connectivity index (χ1) is 17.2. The standard InChI is InChI=1S/C24H32N6O3S.CH4S/c1-14-17(13-29-11-16(12-29)24(2,3)31)20-21(34-14)19(15-9-18(25)22(32-4)26-10-15)27-23(28-20)30-5-7-33-8-6-30;1-2/h9-10,16,31H,5-8,11-13,25H2,1-4H3;2H,1H3. The average molecular weight is 533 g/mol. The maximum absolute atomic E-state index is 10.3. The highest BCUT2D eigenvalue weighted by atomic mass is 32.1. The fourth-order valence-electron chi connectivity index (χ4n) is 4.55. The Labute approximate surface area is 222 Å². The smallest absolute Gasteiger partial charge is 0.236 e. The van der Waals surface area contributed by atoms with E-state index in [0.717, 1.165) is 54.2 Å². The molecule has 5 rings (SSSR count). The van der Waals surface area contributed by atoms with Crippen LogP contribution in [0.15, 0.2) is 12.3 Å². The number of nitrogens with two attached hydrogens (primary N) is 1. The number of ether oxygens (including phenoxy) is 2. The minimum absolute atomic E-state index is 0.292. The number of aryl methyl sites for hydroxylation is 1. The summed E-state index contributed by atoms with van der Waals surface area (Å²) in [5.41, 5.74) is 9.91. The Hall–Kier alpha value is -2.18. The predicted octanol–water partition coefficient (Wildman–Crippen LogP) is 3.24. The maximum atomic E-state index is 10.3. The number of morpholine rings is 1. The number of nitrogen functional groups attached to an aromatic ring is 1. The van der Waals surface area contributed by atoms with Gasteiger partial charge >= 0.3 is 0 Å². The van der Waals surface area contributed by atoms with E-state index in [1.54, 1.807) is 30.9 Å². The van der Waals surface area contributed by atoms with E-state index in [-0.39, 0.29) is 0 Å². The molecule has 0 aliphatic carbocycles. The zero-order valence-corrected chi connectivity index (χ0v) is 23.3. The number of hydrogen-bond acceptors (Lipinski definition) is 11. The summed E-state index contributed by atoms with van der Waals surface area (Å²) in [6.45, 7) is 11.3. The molecule has 36 heavy (non-hydrogen) atoms. The third kappa shape index (κ3) is 5.40. The number of pyridine rings is 1. The summed E-state index contributed by atoms with van der Waals surface area (Å²) in [6.07, 6.45) is 3.46. The number of thiophene rings is 1. The second-order valence-electron chi connectivity index (χ2n) is 9.65. The molecule has 9 nitrogen and oxygen atoms in total. The van der Waals surface area contributed by atoms with Crippen LogP contribution in [0.2, 0.25) is 0 Å². The SMILES string of the molecule is COc1ncc(-c2nc(N3CCOCC3)nc3c(CN4CC(C(C)(C)O)C4)c(C)sc23)cc1N.CS. The lowest BCUT2D eigenvalue weighted by atomic mass is 9.84. The molecule has 0 saturated carbocycles. The van der Waals surface area contributed by atoms with Gasteiger partial charge in [-0.3, -0.25) is 4.90 Å². The van der Waals surface area contributed by atoms with Gasteiger partial charge in [-0.15, -0.1) is 11.3 Å². The number of anilines is 2. The summed E-state index contributed by atoms with van der Waals surface area (Å²) >= 11 is 5.24. The van der Waals surface area contributed by atoms with Crippen molar-refractivity contribution in [3.05, 3.63) is 22.7 Å². The highest BCUT2D eigenvalue weighted by Crippen LogP contribution is 2.40. The van der Waals surface area contributed by atoms with E-state index in [4.69, 9.17) is 25.2 Å². The van der Waals surface area contributed by atoms with Crippen molar-refractivity contribution in [2.75, 3.05) is 63.4 Å². The van der Waals surface area contributed by atoms with Crippen LogP contribution in [-0.2, 0) is 11.3 Å². The largest absolute Gasteiger partial charge is 0.480 e. The predicted molar refractivity (Wildman–Crippen MR) is 149 cm³/mol. The first kappa shape index (κ1) is 26.9. The molecule has 11 heteroatoms. The van der Waals surface area contributed by atoms with Crippen LogP contribution in [0.1, 0.15) is 24.3 Å². The van der Waals surface area contributed by atoms with Crippen molar-refractivity contribution < 1.29 is 14.6 Å². The summed E-state index contributed by atoms with van der Waals surface area (Å²) in [7, 11) is 1.56. The van der Waals surface area contributed by atoms with Crippen LogP contribution in [0.4, 0.5) is 11.6 Å². The van der Waals surface area contributed by atoms with E-state index in [2.05, 4.69) is 34.3 Å². The van der Waals surface area contributed by atoms with Gasteiger partial charge in [-0.25, -0.2) is 15.0 Å². The molecule has 0 spiro atoms. The van der Waals surface area contributed by atoms with Crippen molar-refractivity contribution in [3.8, 4) is 17.1 Å². The van der Waals surface area contributed by atoms with Crippen molar-refractivity contribution in [2.45, 2.75) is 32.9 Å². The topological polar surface area (TPSA) is 110 Å². The number of aromatic nitrogens is 3. The van der Waals surface area contributed by atoms with Gasteiger partial charge in [-0.1, -0.05) is 0 Å². The molecule has 5 heterocycles. The van der Waals surface area contributed by atoms with Crippen molar-refractivity contribution in [2.24, 2.45) is 5.92 Å². The van der Waals surface area contributed by atoms with Crippen LogP contribution in [0.25, 0.3) is 21.5 Å². The second-order valence-corrected chi connectivity index (χ2v) is 10.9. The Balaban J connectivity index is 0.00000148. The number of methoxy groups -OCH3 is 1. The Kier molecular flexibility index (Phi) is 8.25. The summed E-state index contributed by atoms with van der Waals surface area (Å²) in [4.78, 5) is 20.2. The minimum Gasteiger partial charge on any atom is -0.480 e. The van der Waals surface area contributed by atoms with Gasteiger partial charge in [0.05, 0.1) is 47.5 Å². The second kappa shape index (κ2) is 11.1. The Morgan fingerprint density at radius 2 is 1.94 bits per heavy atom. The van der Waals surface area contributed by atoms with E-state index in [0.29, 0.717) is 36.6 Å². The minimum atomic E-state index is -0.650. The number of aliphatic hydroxyl groups is 1. The molecule has 2 saturated heterocycles. The highest BCUT2D eigenvalue weighted by molar-refractivity contribution is 7.79. The number of nitrogens with zero attached hydrogens (tertiary/aromatic N) is 5. The monoisotopic (exact) mass is 532 g/mol. The van der Waals surface area contributed by atoms with Crippen molar-refractivity contribution in [1.82, 2.24) is 19.9 Å². The molecule has 0 bridgehead atoms. The molecule has 0 unspecified atom stereocenters. The van der Waals surface area contributed by atoms with E-state index in [1.807, 2.05) is 19.9 Å². The molecule has 0 atom stereocenters. The van der Waals surface area contributed by atoms with Crippen LogP contribution in [0.5, 0.6) is 5.88 Å². The van der Waals surface area contributed by atoms with Crippen LogP contribution in [0.3, 0.4) is 0 Å². The zero-order chi connectivity index (χ0) is 26.0. The molecule has 196 valence electrons. The lowest BCUT2D eigenvalue weighted by Gasteiger charge is -2.45. The van der Waals surface area contributed by atoms with Gasteiger partial charge in [-0.2, -0.15) is 12.6 Å². The molecular weight excluding hydrogens is 496 g/mol. The molecule has 3 aromatic rings. The lowest BCUT2D eigenvalue weighted by Crippen LogP contribution is -2.55. The molecule has 2 fully saturated rings. The highest BCUT2D eigenvalue weighted by Gasteiger charge is 2.38. The summed E-state index contributed by atoms with van der Waals surface area (Å²) in [6, 6.07) is 1.87. The van der Waals surface area contributed by atoms with E-state index >= 15 is 0 Å². The number of likely N-dealkylation sites (tertiary alicyclic amines) is 1. The molecule has 0 radical (unpaired) electrons. The van der Waals surface area contributed by atoms with Gasteiger partial charge in [0.25, 0.3) is 0 Å². The van der Waals surface area contributed by atoms with Crippen molar-refractivity contribution in [3.63, 3.8) is 0 Å². The zero-order valence-electron chi connectivity index (χ0n) is 21.6. The number of thiol groups is 1. The lowest BCUT2D eigenvalue weighted by molar-refractivity contribution is -0.0646. The molecule has 2 aliphatic heterocycles. The van der Waals surface area contributed by atoms with Crippen molar-refractivity contribution in [1.29, 1.82) is 0 Å². The van der Waals surface area contributed by atoms with Crippen LogP contribution >= 0.6 is 24.0 Å². The van der Waals surface area contributed by atoms with Gasteiger partial charge in [0.15, 0.2) is 0 Å². The van der Waals surface area contributed by atoms with Gasteiger partial charge in [0, 0.05) is 60.8 Å². The molecule has 3 aromatic heterocycles. The Morgan fingerprint density at radius 3 is 2.56 bits per heavy atom. The molecule has 0 amide bonds. The van der Waals surface area contributed by atoms with E-state index in [1.165, 1.54) is 10.4 Å². The number of rotatable bonds is 6. The maximum Gasteiger partial charge on any atom is 0.236 e. The number of fused-ring (bicyclic) bond motifs is 1. The summed E-state index contributed by atoms with van der Waals surface area (Å²) < 4.78 is 11.8. The van der Waals surface area contributed by atoms with Gasteiger partial charge in [0.1, 0.15) is 0 Å². The van der Waals surface area contributed by atoms with Crippen LogP contribution < -0.4 is 15.4 Å². The summed E-state index contributed by atoms with van der Waals surface area (Å²) in [5.74, 6) is 1.40. The van der Waals surface area contributed by atoms with Crippen LogP contribution in [-0.4, -0.2) is 83.3 Å². The quantitative estimate of drug-likeness (QED) is 0.412. The fourth-order valence-corrected chi connectivity index (χ4v) is 5.66. The average Bonchev–Trinajstić information content (AvgIpc) is 3.16. The first-order valence-electron chi connectivity index (χ1n) is 12.1. The van der Waals surface area contributed by atoms with Gasteiger partial charge in [-0.05, 0) is 33.1 Å². The fraction of sp³-hybridized carbons (Fsp3) is 0.560. The molecule has 0 aromatic carbocycles. The Morgan fingerprint density at radius 1 is 1.25 bits per heavy atom. The van der Waals surface area contributed by atoms with E-state index in [9.17, 15) is 5.11 Å². The normalized spacial score (nSPS) is 17.0. The molecule has 2 aliphatic rings. The number of hydrogen-bond donors (Lipinski definition) is 3. The Bertz CT molecular complexity index is 1200. The van der Waals surface area contributed by atoms with Crippen LogP contribution in [0, 0.1) is 12.8 Å². The molecular formula is C25H36N6O3S2.